The highest BCUT2D eigenvalue weighted by atomic mass is 79.9. The summed E-state index contributed by atoms with van der Waals surface area (Å²) in [5.74, 6) is 0.459. The van der Waals surface area contributed by atoms with Gasteiger partial charge in [0.15, 0.2) is 5.16 Å². The van der Waals surface area contributed by atoms with Gasteiger partial charge in [0.1, 0.15) is 5.82 Å². The lowest BCUT2D eigenvalue weighted by Crippen LogP contribution is -1.98. The summed E-state index contributed by atoms with van der Waals surface area (Å²) in [5.41, 5.74) is 9.84. The zero-order valence-corrected chi connectivity index (χ0v) is 15.7. The van der Waals surface area contributed by atoms with Crippen LogP contribution in [0.2, 0.25) is 0 Å². The molecule has 0 amide bonds. The lowest BCUT2D eigenvalue weighted by atomic mass is 10.1. The number of H-pyrrole nitrogens is 1. The predicted octanol–water partition coefficient (Wildman–Crippen LogP) is 4.82. The minimum absolute atomic E-state index is 0.459. The van der Waals surface area contributed by atoms with Crippen molar-refractivity contribution in [3.8, 4) is 11.3 Å². The monoisotopic (exact) mass is 411 g/mol. The molecule has 3 N–H and O–H groups in total. The van der Waals surface area contributed by atoms with E-state index in [9.17, 15) is 0 Å². The van der Waals surface area contributed by atoms with Gasteiger partial charge in [0.05, 0.1) is 16.6 Å². The molecule has 0 saturated carbocycles. The van der Waals surface area contributed by atoms with E-state index in [0.717, 1.165) is 37.2 Å². The van der Waals surface area contributed by atoms with Crippen molar-refractivity contribution in [3.05, 3.63) is 58.7 Å². The van der Waals surface area contributed by atoms with Gasteiger partial charge in [-0.15, -0.1) is 0 Å². The lowest BCUT2D eigenvalue weighted by Gasteiger charge is -2.08. The lowest BCUT2D eigenvalue weighted by molar-refractivity contribution is 1.01. The predicted molar refractivity (Wildman–Crippen MR) is 105 cm³/mol. The Morgan fingerprint density at radius 1 is 1.08 bits per heavy atom. The number of fused-ring (bicyclic) bond motifs is 1. The number of aromatic amines is 1. The quantitative estimate of drug-likeness (QED) is 0.472. The number of aryl methyl sites for hydroxylation is 1. The van der Waals surface area contributed by atoms with Gasteiger partial charge >= 0.3 is 0 Å². The number of anilines is 1. The average molecular weight is 412 g/mol. The minimum Gasteiger partial charge on any atom is -0.383 e. The molecule has 0 aliphatic carbocycles. The number of nitrogen functional groups attached to an aromatic ring is 1. The third kappa shape index (κ3) is 3.25. The summed E-state index contributed by atoms with van der Waals surface area (Å²) < 4.78 is 1.04. The zero-order chi connectivity index (χ0) is 17.4. The molecule has 2 aromatic carbocycles. The summed E-state index contributed by atoms with van der Waals surface area (Å²) in [7, 11) is 0. The van der Waals surface area contributed by atoms with Crippen LogP contribution in [-0.4, -0.2) is 20.2 Å². The standard InChI is InChI=1S/C18H14BrN5S/c1-10-9-15(24-23-10)13-3-2-4-14-16(13)17(20)22-18(21-14)25-12-7-5-11(19)6-8-12/h2-9H,1H3,(H,23,24)(H2,20,21,22). The molecule has 0 radical (unpaired) electrons. The number of benzene rings is 2. The van der Waals surface area contributed by atoms with Gasteiger partial charge in [-0.2, -0.15) is 5.10 Å². The van der Waals surface area contributed by atoms with Crippen molar-refractivity contribution < 1.29 is 0 Å². The average Bonchev–Trinajstić information content (AvgIpc) is 3.03. The fraction of sp³-hybridized carbons (Fsp3) is 0.0556. The molecule has 0 aliphatic rings. The second-order valence-corrected chi connectivity index (χ2v) is 7.54. The molecular weight excluding hydrogens is 398 g/mol. The van der Waals surface area contributed by atoms with Gasteiger partial charge in [0.2, 0.25) is 0 Å². The minimum atomic E-state index is 0.459. The third-order valence-corrected chi connectivity index (χ3v) is 5.14. The summed E-state index contributed by atoms with van der Waals surface area (Å²) in [6.07, 6.45) is 0. The first-order chi connectivity index (χ1) is 12.1. The summed E-state index contributed by atoms with van der Waals surface area (Å²) in [6, 6.07) is 15.9. The summed E-state index contributed by atoms with van der Waals surface area (Å²) >= 11 is 4.92. The van der Waals surface area contributed by atoms with Crippen LogP contribution in [0.3, 0.4) is 0 Å². The summed E-state index contributed by atoms with van der Waals surface area (Å²) in [5, 5.41) is 8.75. The third-order valence-electron chi connectivity index (χ3n) is 3.74. The Labute approximate surface area is 157 Å². The Morgan fingerprint density at radius 3 is 2.60 bits per heavy atom. The second-order valence-electron chi connectivity index (χ2n) is 5.58. The smallest absolute Gasteiger partial charge is 0.194 e. The van der Waals surface area contributed by atoms with E-state index >= 15 is 0 Å². The van der Waals surface area contributed by atoms with Crippen molar-refractivity contribution in [2.24, 2.45) is 0 Å². The number of halogens is 1. The molecule has 7 heteroatoms. The first-order valence-corrected chi connectivity index (χ1v) is 9.23. The fourth-order valence-electron chi connectivity index (χ4n) is 2.61. The van der Waals surface area contributed by atoms with Crippen molar-refractivity contribution in [2.75, 3.05) is 5.73 Å². The van der Waals surface area contributed by atoms with Crippen LogP contribution in [0, 0.1) is 6.92 Å². The van der Waals surface area contributed by atoms with Crippen LogP contribution in [0.4, 0.5) is 5.82 Å². The van der Waals surface area contributed by atoms with Gasteiger partial charge in [0.25, 0.3) is 0 Å². The molecule has 4 rings (SSSR count). The van der Waals surface area contributed by atoms with Gasteiger partial charge in [0, 0.05) is 20.6 Å². The van der Waals surface area contributed by atoms with Crippen LogP contribution >= 0.6 is 27.7 Å². The molecule has 0 spiro atoms. The van der Waals surface area contributed by atoms with Gasteiger partial charge < -0.3 is 5.73 Å². The number of hydrogen-bond acceptors (Lipinski definition) is 5. The number of nitrogens with zero attached hydrogens (tertiary/aromatic N) is 3. The maximum atomic E-state index is 6.27. The molecule has 5 nitrogen and oxygen atoms in total. The van der Waals surface area contributed by atoms with E-state index in [2.05, 4.69) is 36.1 Å². The van der Waals surface area contributed by atoms with Crippen molar-refractivity contribution >= 4 is 44.4 Å². The molecule has 124 valence electrons. The molecule has 4 aromatic rings. The summed E-state index contributed by atoms with van der Waals surface area (Å²) in [6.45, 7) is 1.97. The van der Waals surface area contributed by atoms with Crippen LogP contribution in [0.25, 0.3) is 22.2 Å². The molecule has 2 aromatic heterocycles. The molecule has 0 unspecified atom stereocenters. The number of rotatable bonds is 3. The second kappa shape index (κ2) is 6.50. The largest absolute Gasteiger partial charge is 0.383 e. The van der Waals surface area contributed by atoms with Crippen molar-refractivity contribution in [1.29, 1.82) is 0 Å². The molecule has 0 bridgehead atoms. The molecular formula is C18H14BrN5S. The van der Waals surface area contributed by atoms with Crippen LogP contribution in [0.15, 0.2) is 63.1 Å². The summed E-state index contributed by atoms with van der Waals surface area (Å²) in [4.78, 5) is 10.2. The Morgan fingerprint density at radius 2 is 1.88 bits per heavy atom. The molecule has 0 atom stereocenters. The number of aromatic nitrogens is 4. The van der Waals surface area contributed by atoms with E-state index in [1.165, 1.54) is 11.8 Å². The number of nitrogens with two attached hydrogens (primary N) is 1. The number of nitrogens with one attached hydrogen (secondary N) is 1. The molecule has 0 aliphatic heterocycles. The van der Waals surface area contributed by atoms with Crippen molar-refractivity contribution in [2.45, 2.75) is 17.0 Å². The van der Waals surface area contributed by atoms with Gasteiger partial charge in [-0.1, -0.05) is 28.1 Å². The number of hydrogen-bond donors (Lipinski definition) is 2. The highest BCUT2D eigenvalue weighted by Crippen LogP contribution is 2.33. The van der Waals surface area contributed by atoms with Gasteiger partial charge in [-0.25, -0.2) is 9.97 Å². The van der Waals surface area contributed by atoms with E-state index in [1.807, 2.05) is 55.5 Å². The highest BCUT2D eigenvalue weighted by Gasteiger charge is 2.13. The van der Waals surface area contributed by atoms with Crippen LogP contribution in [-0.2, 0) is 0 Å². The van der Waals surface area contributed by atoms with Crippen LogP contribution in [0.5, 0.6) is 0 Å². The SMILES string of the molecule is Cc1cc(-c2cccc3nc(Sc4ccc(Br)cc4)nc(N)c23)n[nH]1. The topological polar surface area (TPSA) is 80.5 Å². The zero-order valence-electron chi connectivity index (χ0n) is 13.3. The maximum absolute atomic E-state index is 6.27. The molecule has 0 fully saturated rings. The van der Waals surface area contributed by atoms with E-state index in [0.29, 0.717) is 11.0 Å². The fourth-order valence-corrected chi connectivity index (χ4v) is 3.65. The van der Waals surface area contributed by atoms with Crippen molar-refractivity contribution in [1.82, 2.24) is 20.2 Å². The van der Waals surface area contributed by atoms with Crippen LogP contribution in [0.1, 0.15) is 5.69 Å². The van der Waals surface area contributed by atoms with E-state index in [-0.39, 0.29) is 0 Å². The first kappa shape index (κ1) is 16.1. The Balaban J connectivity index is 1.79. The van der Waals surface area contributed by atoms with Crippen molar-refractivity contribution in [3.63, 3.8) is 0 Å². The maximum Gasteiger partial charge on any atom is 0.194 e. The first-order valence-electron chi connectivity index (χ1n) is 7.62. The molecule has 25 heavy (non-hydrogen) atoms. The van der Waals surface area contributed by atoms with E-state index in [1.54, 1.807) is 0 Å². The van der Waals surface area contributed by atoms with E-state index < -0.39 is 0 Å². The van der Waals surface area contributed by atoms with Crippen LogP contribution < -0.4 is 5.73 Å². The molecule has 2 heterocycles. The van der Waals surface area contributed by atoms with Gasteiger partial charge in [-0.05, 0) is 55.1 Å². The molecule has 0 saturated heterocycles. The Bertz CT molecular complexity index is 1060. The Kier molecular flexibility index (Phi) is 4.19. The normalized spacial score (nSPS) is 11.1. The van der Waals surface area contributed by atoms with Gasteiger partial charge in [-0.3, -0.25) is 5.10 Å². The van der Waals surface area contributed by atoms with E-state index in [4.69, 9.17) is 5.73 Å². The highest BCUT2D eigenvalue weighted by molar-refractivity contribution is 9.10. The Hall–Kier alpha value is -2.38.